The summed E-state index contributed by atoms with van der Waals surface area (Å²) in [6, 6.07) is 2.00. The first-order chi connectivity index (χ1) is 5.74. The van der Waals surface area contributed by atoms with Gasteiger partial charge >= 0.3 is 0 Å². The summed E-state index contributed by atoms with van der Waals surface area (Å²) >= 11 is 3.05. The van der Waals surface area contributed by atoms with Crippen molar-refractivity contribution in [2.75, 3.05) is 3.53 Å². The Morgan fingerprint density at radius 1 is 1.75 bits per heavy atom. The summed E-state index contributed by atoms with van der Waals surface area (Å²) in [5.41, 5.74) is 0.948. The third kappa shape index (κ3) is 1.40. The fourth-order valence-electron chi connectivity index (χ4n) is 0.799. The average molecular weight is 292 g/mol. The van der Waals surface area contributed by atoms with Gasteiger partial charge in [-0.15, -0.1) is 0 Å². The van der Waals surface area contributed by atoms with Crippen molar-refractivity contribution in [2.45, 2.75) is 0 Å². The first-order valence-electron chi connectivity index (χ1n) is 2.99. The van der Waals surface area contributed by atoms with Gasteiger partial charge in [0.2, 0.25) is 0 Å². The molecule has 0 fully saturated rings. The summed E-state index contributed by atoms with van der Waals surface area (Å²) in [5, 5.41) is 18.8. The SMILES string of the molecule is C=Cc1c(O)sc(NI)c1C#N. The van der Waals surface area contributed by atoms with E-state index in [-0.39, 0.29) is 5.06 Å². The molecular formula is C7H5IN2OS. The fourth-order valence-corrected chi connectivity index (χ4v) is 2.18. The third-order valence-corrected chi connectivity index (χ3v) is 3.16. The van der Waals surface area contributed by atoms with Crippen molar-refractivity contribution < 1.29 is 5.11 Å². The Balaban J connectivity index is 3.37. The van der Waals surface area contributed by atoms with Crippen molar-refractivity contribution in [3.8, 4) is 11.1 Å². The maximum atomic E-state index is 9.33. The molecule has 0 aliphatic carbocycles. The van der Waals surface area contributed by atoms with E-state index < -0.39 is 0 Å². The normalized spacial score (nSPS) is 9.00. The van der Waals surface area contributed by atoms with Crippen LogP contribution in [-0.2, 0) is 0 Å². The van der Waals surface area contributed by atoms with Gasteiger partial charge in [0.15, 0.2) is 5.06 Å². The van der Waals surface area contributed by atoms with Gasteiger partial charge in [-0.25, -0.2) is 0 Å². The molecule has 2 N–H and O–H groups in total. The maximum Gasteiger partial charge on any atom is 0.181 e. The van der Waals surface area contributed by atoms with E-state index in [9.17, 15) is 5.11 Å². The zero-order valence-electron chi connectivity index (χ0n) is 5.97. The van der Waals surface area contributed by atoms with E-state index in [1.54, 1.807) is 0 Å². The van der Waals surface area contributed by atoms with Crippen molar-refractivity contribution in [3.05, 3.63) is 17.7 Å². The molecule has 0 bridgehead atoms. The van der Waals surface area contributed by atoms with Crippen LogP contribution in [0, 0.1) is 11.3 Å². The van der Waals surface area contributed by atoms with Gasteiger partial charge in [0.05, 0.1) is 28.4 Å². The summed E-state index contributed by atoms with van der Waals surface area (Å²) < 4.78 is 2.80. The van der Waals surface area contributed by atoms with E-state index in [0.717, 1.165) is 11.3 Å². The lowest BCUT2D eigenvalue weighted by Crippen LogP contribution is -1.79. The van der Waals surface area contributed by atoms with Crippen LogP contribution < -0.4 is 3.53 Å². The minimum Gasteiger partial charge on any atom is -0.499 e. The maximum absolute atomic E-state index is 9.33. The molecule has 0 aliphatic heterocycles. The Kier molecular flexibility index (Phi) is 2.94. The van der Waals surface area contributed by atoms with E-state index in [4.69, 9.17) is 5.26 Å². The highest BCUT2D eigenvalue weighted by Gasteiger charge is 2.13. The van der Waals surface area contributed by atoms with Crippen LogP contribution >= 0.6 is 34.2 Å². The van der Waals surface area contributed by atoms with Gasteiger partial charge in [-0.1, -0.05) is 24.0 Å². The zero-order valence-corrected chi connectivity index (χ0v) is 8.94. The van der Waals surface area contributed by atoms with Crippen LogP contribution in [-0.4, -0.2) is 5.11 Å². The molecule has 0 unspecified atom stereocenters. The molecule has 62 valence electrons. The predicted molar refractivity (Wildman–Crippen MR) is 58.4 cm³/mol. The van der Waals surface area contributed by atoms with Gasteiger partial charge in [-0.2, -0.15) is 5.26 Å². The molecule has 1 aromatic heterocycles. The number of nitriles is 1. The van der Waals surface area contributed by atoms with Gasteiger partial charge in [0.25, 0.3) is 0 Å². The summed E-state index contributed by atoms with van der Waals surface area (Å²) in [7, 11) is 0. The molecule has 0 saturated heterocycles. The van der Waals surface area contributed by atoms with Crippen molar-refractivity contribution in [2.24, 2.45) is 0 Å². The molecule has 0 radical (unpaired) electrons. The third-order valence-electron chi connectivity index (χ3n) is 1.33. The van der Waals surface area contributed by atoms with Crippen LogP contribution in [0.4, 0.5) is 5.00 Å². The Morgan fingerprint density at radius 2 is 2.42 bits per heavy atom. The van der Waals surface area contributed by atoms with Crippen LogP contribution in [0.2, 0.25) is 0 Å². The highest BCUT2D eigenvalue weighted by molar-refractivity contribution is 14.1. The Labute approximate surface area is 87.8 Å². The van der Waals surface area contributed by atoms with Gasteiger partial charge < -0.3 is 8.64 Å². The molecule has 1 heterocycles. The van der Waals surface area contributed by atoms with Gasteiger partial charge in [-0.3, -0.25) is 0 Å². The highest BCUT2D eigenvalue weighted by Crippen LogP contribution is 2.39. The van der Waals surface area contributed by atoms with E-state index in [1.807, 2.05) is 28.9 Å². The number of aromatic hydroxyl groups is 1. The topological polar surface area (TPSA) is 56.0 Å². The molecule has 0 aliphatic rings. The minimum atomic E-state index is 0.126. The monoisotopic (exact) mass is 292 g/mol. The molecule has 12 heavy (non-hydrogen) atoms. The highest BCUT2D eigenvalue weighted by atomic mass is 127. The number of nitrogens with one attached hydrogen (secondary N) is 1. The molecule has 0 atom stereocenters. The number of rotatable bonds is 2. The summed E-state index contributed by atoms with van der Waals surface area (Å²) in [6.07, 6.45) is 1.47. The number of halogens is 1. The van der Waals surface area contributed by atoms with Crippen LogP contribution in [0.1, 0.15) is 11.1 Å². The van der Waals surface area contributed by atoms with Gasteiger partial charge in [0, 0.05) is 5.56 Å². The van der Waals surface area contributed by atoms with E-state index in [1.165, 1.54) is 6.08 Å². The summed E-state index contributed by atoms with van der Waals surface area (Å²) in [6.45, 7) is 3.51. The first kappa shape index (κ1) is 9.35. The second-order valence-corrected chi connectivity index (χ2v) is 3.47. The zero-order chi connectivity index (χ0) is 9.14. The Bertz CT molecular complexity index is 353. The lowest BCUT2D eigenvalue weighted by Gasteiger charge is -1.90. The molecule has 0 spiro atoms. The van der Waals surface area contributed by atoms with Gasteiger partial charge in [0.1, 0.15) is 11.1 Å². The standard InChI is InChI=1S/C7H5IN2OS/c1-2-4-5(3-9)6(10-8)12-7(4)11/h2,10-11H,1H2. The smallest absolute Gasteiger partial charge is 0.181 e. The molecule has 0 amide bonds. The number of hydrogen-bond acceptors (Lipinski definition) is 4. The summed E-state index contributed by atoms with van der Waals surface area (Å²) in [4.78, 5) is 0. The minimum absolute atomic E-state index is 0.126. The predicted octanol–water partition coefficient (Wildman–Crippen LogP) is 2.73. The average Bonchev–Trinajstić information content (AvgIpc) is 2.40. The molecule has 5 heteroatoms. The largest absolute Gasteiger partial charge is 0.499 e. The fraction of sp³-hybridized carbons (Fsp3) is 0. The lowest BCUT2D eigenvalue weighted by atomic mass is 10.2. The molecule has 1 rings (SSSR count). The first-order valence-corrected chi connectivity index (χ1v) is 4.89. The van der Waals surface area contributed by atoms with E-state index in [2.05, 4.69) is 10.1 Å². The number of thiophene rings is 1. The molecule has 1 aromatic rings. The molecule has 3 nitrogen and oxygen atoms in total. The number of nitrogens with zero attached hydrogens (tertiary/aromatic N) is 1. The number of hydrogen-bond donors (Lipinski definition) is 2. The molecule has 0 aromatic carbocycles. The van der Waals surface area contributed by atoms with Crippen LogP contribution in [0.15, 0.2) is 6.58 Å². The lowest BCUT2D eigenvalue weighted by molar-refractivity contribution is 0.489. The summed E-state index contributed by atoms with van der Waals surface area (Å²) in [5.74, 6) is 0. The Morgan fingerprint density at radius 3 is 2.83 bits per heavy atom. The van der Waals surface area contributed by atoms with Gasteiger partial charge in [-0.05, 0) is 0 Å². The molecular weight excluding hydrogens is 287 g/mol. The molecule has 0 saturated carbocycles. The quantitative estimate of drug-likeness (QED) is 0.651. The van der Waals surface area contributed by atoms with Crippen molar-refractivity contribution in [1.29, 1.82) is 5.26 Å². The van der Waals surface area contributed by atoms with Crippen molar-refractivity contribution in [3.63, 3.8) is 0 Å². The van der Waals surface area contributed by atoms with E-state index >= 15 is 0 Å². The second kappa shape index (κ2) is 3.78. The van der Waals surface area contributed by atoms with Crippen LogP contribution in [0.5, 0.6) is 5.06 Å². The van der Waals surface area contributed by atoms with Crippen LogP contribution in [0.25, 0.3) is 6.08 Å². The van der Waals surface area contributed by atoms with Crippen molar-refractivity contribution in [1.82, 2.24) is 0 Å². The van der Waals surface area contributed by atoms with Crippen molar-refractivity contribution >= 4 is 45.3 Å². The van der Waals surface area contributed by atoms with Crippen LogP contribution in [0.3, 0.4) is 0 Å². The number of anilines is 1. The van der Waals surface area contributed by atoms with E-state index in [0.29, 0.717) is 16.1 Å². The Hall–Kier alpha value is -0.740. The second-order valence-electron chi connectivity index (χ2n) is 1.94.